The van der Waals surface area contributed by atoms with Crippen molar-refractivity contribution < 1.29 is 4.80 Å². The maximum absolute atomic E-state index is 9.32. The summed E-state index contributed by atoms with van der Waals surface area (Å²) in [5.74, 6) is 0. The summed E-state index contributed by atoms with van der Waals surface area (Å²) in [5.41, 5.74) is 2.35. The predicted molar refractivity (Wildman–Crippen MR) is 62.3 cm³/mol. The largest absolute Gasteiger partial charge is 0.433 e. The van der Waals surface area contributed by atoms with E-state index in [1.807, 2.05) is 36.4 Å². The average molecular weight is 200 g/mol. The van der Waals surface area contributed by atoms with E-state index < -0.39 is 9.76 Å². The highest BCUT2D eigenvalue weighted by molar-refractivity contribution is 6.48. The molecule has 0 saturated heterocycles. The van der Waals surface area contributed by atoms with Gasteiger partial charge in [0, 0.05) is 0 Å². The topological polar surface area (TPSA) is 20.2 Å². The molecular formula is C12H12OSi. The third kappa shape index (κ3) is 1.76. The molecule has 0 unspecified atom stereocenters. The van der Waals surface area contributed by atoms with E-state index in [2.05, 4.69) is 18.2 Å². The lowest BCUT2D eigenvalue weighted by Gasteiger charge is -2.06. The Morgan fingerprint density at radius 2 is 1.43 bits per heavy atom. The molecule has 1 nitrogen and oxygen atoms in total. The monoisotopic (exact) mass is 200 g/mol. The van der Waals surface area contributed by atoms with Gasteiger partial charge in [0.2, 0.25) is 0 Å². The van der Waals surface area contributed by atoms with E-state index in [-0.39, 0.29) is 0 Å². The van der Waals surface area contributed by atoms with Gasteiger partial charge >= 0.3 is 0 Å². The van der Waals surface area contributed by atoms with Crippen LogP contribution in [-0.2, 0) is 0 Å². The summed E-state index contributed by atoms with van der Waals surface area (Å²) in [6.45, 7) is 0. The minimum atomic E-state index is -1.08. The van der Waals surface area contributed by atoms with Crippen molar-refractivity contribution in [1.29, 1.82) is 0 Å². The second-order valence-corrected chi connectivity index (χ2v) is 4.26. The normalized spacial score (nSPS) is 10.9. The van der Waals surface area contributed by atoms with Crippen LogP contribution in [0.15, 0.2) is 54.6 Å². The fraction of sp³-hybridized carbons (Fsp3) is 0. The van der Waals surface area contributed by atoms with E-state index in [9.17, 15) is 4.80 Å². The molecule has 0 bridgehead atoms. The van der Waals surface area contributed by atoms with Crippen LogP contribution in [0.2, 0.25) is 0 Å². The van der Waals surface area contributed by atoms with Gasteiger partial charge in [-0.05, 0) is 16.3 Å². The van der Waals surface area contributed by atoms with Gasteiger partial charge in [0.05, 0.1) is 0 Å². The summed E-state index contributed by atoms with van der Waals surface area (Å²) in [4.78, 5) is 9.32. The van der Waals surface area contributed by atoms with Gasteiger partial charge in [0.25, 0.3) is 0 Å². The minimum absolute atomic E-state index is 1.08. The molecule has 0 heterocycles. The average Bonchev–Trinajstić information content (AvgIpc) is 2.30. The SMILES string of the molecule is O[SiH2]c1ccccc1-c1ccccc1. The zero-order valence-corrected chi connectivity index (χ0v) is 9.26. The molecular weight excluding hydrogens is 188 g/mol. The second kappa shape index (κ2) is 4.22. The van der Waals surface area contributed by atoms with Gasteiger partial charge in [-0.3, -0.25) is 0 Å². The summed E-state index contributed by atoms with van der Waals surface area (Å²) < 4.78 is 0. The van der Waals surface area contributed by atoms with E-state index in [4.69, 9.17) is 0 Å². The predicted octanol–water partition coefficient (Wildman–Crippen LogP) is 1.05. The van der Waals surface area contributed by atoms with Crippen LogP contribution in [0.25, 0.3) is 11.1 Å². The van der Waals surface area contributed by atoms with Gasteiger partial charge in [0.15, 0.2) is 9.76 Å². The molecule has 2 aromatic carbocycles. The van der Waals surface area contributed by atoms with Gasteiger partial charge in [-0.15, -0.1) is 0 Å². The van der Waals surface area contributed by atoms with E-state index >= 15 is 0 Å². The first-order chi connectivity index (χ1) is 6.92. The maximum atomic E-state index is 9.32. The molecule has 70 valence electrons. The highest BCUT2D eigenvalue weighted by Gasteiger charge is 2.01. The van der Waals surface area contributed by atoms with Crippen LogP contribution >= 0.6 is 0 Å². The summed E-state index contributed by atoms with van der Waals surface area (Å²) in [6.07, 6.45) is 0. The first kappa shape index (κ1) is 9.18. The first-order valence-corrected chi connectivity index (χ1v) is 6.00. The third-order valence-electron chi connectivity index (χ3n) is 2.27. The summed E-state index contributed by atoms with van der Waals surface area (Å²) in [6, 6.07) is 18.2. The smallest absolute Gasteiger partial charge is 0.188 e. The highest BCUT2D eigenvalue weighted by Crippen LogP contribution is 2.15. The van der Waals surface area contributed by atoms with E-state index in [0.717, 1.165) is 5.19 Å². The van der Waals surface area contributed by atoms with Crippen LogP contribution < -0.4 is 5.19 Å². The second-order valence-electron chi connectivity index (χ2n) is 3.18. The summed E-state index contributed by atoms with van der Waals surface area (Å²) in [7, 11) is -1.08. The number of rotatable bonds is 2. The molecule has 1 N–H and O–H groups in total. The Kier molecular flexibility index (Phi) is 2.77. The van der Waals surface area contributed by atoms with E-state index in [1.54, 1.807) is 0 Å². The van der Waals surface area contributed by atoms with Gasteiger partial charge in [-0.1, -0.05) is 54.6 Å². The van der Waals surface area contributed by atoms with Crippen molar-refractivity contribution in [2.24, 2.45) is 0 Å². The standard InChI is InChI=1S/C12H12OSi/c13-14-12-9-5-4-8-11(12)10-6-2-1-3-7-10/h1-9,13H,14H2. The van der Waals surface area contributed by atoms with E-state index in [0.29, 0.717) is 0 Å². The van der Waals surface area contributed by atoms with Gasteiger partial charge in [0.1, 0.15) is 0 Å². The van der Waals surface area contributed by atoms with E-state index in [1.165, 1.54) is 11.1 Å². The lowest BCUT2D eigenvalue weighted by Crippen LogP contribution is -2.15. The molecule has 2 rings (SSSR count). The lowest BCUT2D eigenvalue weighted by atomic mass is 10.1. The molecule has 0 radical (unpaired) electrons. The Bertz CT molecular complexity index is 412. The molecule has 0 aliphatic carbocycles. The maximum Gasteiger partial charge on any atom is 0.188 e. The van der Waals surface area contributed by atoms with Crippen molar-refractivity contribution in [3.05, 3.63) is 54.6 Å². The number of hydrogen-bond acceptors (Lipinski definition) is 1. The van der Waals surface area contributed by atoms with Gasteiger partial charge in [-0.25, -0.2) is 0 Å². The van der Waals surface area contributed by atoms with Crippen molar-refractivity contribution in [3.63, 3.8) is 0 Å². The van der Waals surface area contributed by atoms with Crippen LogP contribution in [0.1, 0.15) is 0 Å². The quantitative estimate of drug-likeness (QED) is 0.719. The van der Waals surface area contributed by atoms with Crippen LogP contribution in [0.4, 0.5) is 0 Å². The highest BCUT2D eigenvalue weighted by atomic mass is 28.2. The van der Waals surface area contributed by atoms with Crippen molar-refractivity contribution in [2.75, 3.05) is 0 Å². The molecule has 0 spiro atoms. The van der Waals surface area contributed by atoms with Crippen molar-refractivity contribution in [1.82, 2.24) is 0 Å². The minimum Gasteiger partial charge on any atom is -0.433 e. The molecule has 14 heavy (non-hydrogen) atoms. The van der Waals surface area contributed by atoms with Crippen LogP contribution in [0.5, 0.6) is 0 Å². The van der Waals surface area contributed by atoms with Crippen LogP contribution in [0, 0.1) is 0 Å². The van der Waals surface area contributed by atoms with Gasteiger partial charge in [-0.2, -0.15) is 0 Å². The molecule has 0 aromatic heterocycles. The zero-order valence-electron chi connectivity index (χ0n) is 7.85. The van der Waals surface area contributed by atoms with Crippen molar-refractivity contribution in [2.45, 2.75) is 0 Å². The van der Waals surface area contributed by atoms with Crippen molar-refractivity contribution >= 4 is 14.9 Å². The molecule has 0 saturated carbocycles. The fourth-order valence-electron chi connectivity index (χ4n) is 1.56. The Morgan fingerprint density at radius 3 is 2.14 bits per heavy atom. The lowest BCUT2D eigenvalue weighted by molar-refractivity contribution is 0.615. The molecule has 2 heteroatoms. The zero-order chi connectivity index (χ0) is 9.80. The third-order valence-corrected chi connectivity index (χ3v) is 3.23. The Hall–Kier alpha value is -1.38. The van der Waals surface area contributed by atoms with Gasteiger partial charge < -0.3 is 4.80 Å². The Labute approximate surface area is 86.0 Å². The molecule has 0 aliphatic heterocycles. The summed E-state index contributed by atoms with van der Waals surface area (Å²) in [5, 5.41) is 1.11. The Morgan fingerprint density at radius 1 is 0.786 bits per heavy atom. The Balaban J connectivity index is 2.51. The molecule has 0 fully saturated rings. The number of benzene rings is 2. The first-order valence-electron chi connectivity index (χ1n) is 4.66. The van der Waals surface area contributed by atoms with Crippen molar-refractivity contribution in [3.8, 4) is 11.1 Å². The molecule has 0 atom stereocenters. The van der Waals surface area contributed by atoms with Crippen LogP contribution in [-0.4, -0.2) is 14.6 Å². The summed E-state index contributed by atoms with van der Waals surface area (Å²) >= 11 is 0. The van der Waals surface area contributed by atoms with Crippen LogP contribution in [0.3, 0.4) is 0 Å². The molecule has 2 aromatic rings. The fourth-order valence-corrected chi connectivity index (χ4v) is 2.29. The number of hydrogen-bond donors (Lipinski definition) is 1. The molecule has 0 amide bonds. The molecule has 0 aliphatic rings.